The molecule has 0 atom stereocenters. The summed E-state index contributed by atoms with van der Waals surface area (Å²) in [5.74, 6) is 1.17. The lowest BCUT2D eigenvalue weighted by atomic mass is 9.97. The Bertz CT molecular complexity index is 1100. The summed E-state index contributed by atoms with van der Waals surface area (Å²) in [4.78, 5) is 12.5. The third-order valence-electron chi connectivity index (χ3n) is 4.92. The van der Waals surface area contributed by atoms with Gasteiger partial charge in [-0.05, 0) is 54.3 Å². The van der Waals surface area contributed by atoms with Crippen LogP contribution in [0.1, 0.15) is 24.4 Å². The maximum Gasteiger partial charge on any atom is 0.245 e. The second-order valence-corrected chi connectivity index (χ2v) is 8.70. The Morgan fingerprint density at radius 1 is 1.21 bits per heavy atom. The lowest BCUT2D eigenvalue weighted by Crippen LogP contribution is -2.42. The van der Waals surface area contributed by atoms with Crippen LogP contribution in [0.2, 0.25) is 0 Å². The minimum atomic E-state index is -3.74. The highest BCUT2D eigenvalue weighted by Gasteiger charge is 2.33. The van der Waals surface area contributed by atoms with Crippen molar-refractivity contribution in [1.82, 2.24) is 19.9 Å². The van der Waals surface area contributed by atoms with Crippen molar-refractivity contribution in [3.05, 3.63) is 41.9 Å². The zero-order chi connectivity index (χ0) is 19.7. The van der Waals surface area contributed by atoms with E-state index in [1.807, 2.05) is 19.1 Å². The smallest absolute Gasteiger partial charge is 0.245 e. The predicted octanol–water partition coefficient (Wildman–Crippen LogP) is 1.84. The van der Waals surface area contributed by atoms with Crippen molar-refractivity contribution in [1.29, 1.82) is 0 Å². The normalized spacial score (nSPS) is 16.5. The summed E-state index contributed by atoms with van der Waals surface area (Å²) < 4.78 is 37.5. The van der Waals surface area contributed by atoms with Gasteiger partial charge in [-0.15, -0.1) is 0 Å². The number of piperidine rings is 1. The van der Waals surface area contributed by atoms with Crippen LogP contribution in [0, 0.1) is 12.8 Å². The number of carbonyl (C=O) groups is 1. The van der Waals surface area contributed by atoms with Gasteiger partial charge in [0.25, 0.3) is 0 Å². The molecule has 10 heteroatoms. The number of hydrogen-bond donors (Lipinski definition) is 1. The van der Waals surface area contributed by atoms with Gasteiger partial charge >= 0.3 is 0 Å². The summed E-state index contributed by atoms with van der Waals surface area (Å²) in [6, 6.07) is 8.41. The van der Waals surface area contributed by atoms with Gasteiger partial charge in [0.2, 0.25) is 15.9 Å². The number of amides is 1. The van der Waals surface area contributed by atoms with Crippen molar-refractivity contribution in [2.75, 3.05) is 13.1 Å². The average Bonchev–Trinajstić information content (AvgIpc) is 3.34. The molecule has 3 heterocycles. The number of sulfonamides is 1. The number of rotatable bonds is 5. The highest BCUT2D eigenvalue weighted by molar-refractivity contribution is 7.89. The van der Waals surface area contributed by atoms with E-state index in [1.165, 1.54) is 10.4 Å². The zero-order valence-electron chi connectivity index (χ0n) is 15.3. The first kappa shape index (κ1) is 18.6. The number of nitrogens with one attached hydrogen (secondary N) is 1. The molecule has 4 rings (SSSR count). The maximum atomic E-state index is 13.0. The molecule has 1 aliphatic rings. The lowest BCUT2D eigenvalue weighted by Gasteiger charge is -2.30. The van der Waals surface area contributed by atoms with Crippen molar-refractivity contribution in [3.8, 4) is 0 Å². The van der Waals surface area contributed by atoms with Gasteiger partial charge in [-0.25, -0.2) is 13.0 Å². The van der Waals surface area contributed by atoms with Crippen LogP contribution in [0.3, 0.4) is 0 Å². The summed E-state index contributed by atoms with van der Waals surface area (Å²) in [6.07, 6.45) is 0.907. The molecule has 1 N–H and O–H groups in total. The van der Waals surface area contributed by atoms with Gasteiger partial charge in [0.15, 0.2) is 5.52 Å². The molecule has 0 radical (unpaired) electrons. The summed E-state index contributed by atoms with van der Waals surface area (Å²) in [7, 11) is -3.74. The van der Waals surface area contributed by atoms with Crippen molar-refractivity contribution >= 4 is 27.0 Å². The fourth-order valence-electron chi connectivity index (χ4n) is 3.39. The molecule has 2 aromatic heterocycles. The fraction of sp³-hybridized carbons (Fsp3) is 0.389. The quantitative estimate of drug-likeness (QED) is 0.689. The van der Waals surface area contributed by atoms with Gasteiger partial charge in [-0.3, -0.25) is 4.79 Å². The monoisotopic (exact) mass is 404 g/mol. The molecule has 1 aromatic carbocycles. The van der Waals surface area contributed by atoms with E-state index in [9.17, 15) is 13.2 Å². The van der Waals surface area contributed by atoms with Gasteiger partial charge in [0.05, 0.1) is 6.54 Å². The Kier molecular flexibility index (Phi) is 4.90. The SMILES string of the molecule is Cc1ccc(CNC(=O)C2CCN(S(=O)(=O)c3cccc4nonc34)CC2)o1. The highest BCUT2D eigenvalue weighted by Crippen LogP contribution is 2.27. The standard InChI is InChI=1S/C18H20N4O5S/c1-12-5-6-14(26-12)11-19-18(23)13-7-9-22(10-8-13)28(24,25)16-4-2-3-15-17(16)21-27-20-15/h2-6,13H,7-11H2,1H3,(H,19,23). The number of aryl methyl sites for hydroxylation is 1. The molecule has 28 heavy (non-hydrogen) atoms. The van der Waals surface area contributed by atoms with E-state index in [1.54, 1.807) is 12.1 Å². The van der Waals surface area contributed by atoms with Crippen molar-refractivity contribution in [2.24, 2.45) is 5.92 Å². The minimum absolute atomic E-state index is 0.0716. The molecule has 1 aliphatic heterocycles. The molecule has 3 aromatic rings. The van der Waals surface area contributed by atoms with Gasteiger partial charge in [-0.2, -0.15) is 4.31 Å². The minimum Gasteiger partial charge on any atom is -0.465 e. The second-order valence-electron chi connectivity index (χ2n) is 6.80. The molecule has 0 bridgehead atoms. The van der Waals surface area contributed by atoms with E-state index in [4.69, 9.17) is 4.42 Å². The lowest BCUT2D eigenvalue weighted by molar-refractivity contribution is -0.126. The van der Waals surface area contributed by atoms with E-state index >= 15 is 0 Å². The van der Waals surface area contributed by atoms with Crippen LogP contribution in [-0.2, 0) is 21.4 Å². The first-order valence-corrected chi connectivity index (χ1v) is 10.4. The summed E-state index contributed by atoms with van der Waals surface area (Å²) >= 11 is 0. The van der Waals surface area contributed by atoms with E-state index in [0.29, 0.717) is 30.7 Å². The van der Waals surface area contributed by atoms with Crippen molar-refractivity contribution in [2.45, 2.75) is 31.2 Å². The number of furan rings is 1. The molecule has 9 nitrogen and oxygen atoms in total. The fourth-order valence-corrected chi connectivity index (χ4v) is 4.99. The first-order valence-electron chi connectivity index (χ1n) is 8.99. The Hall–Kier alpha value is -2.72. The molecular weight excluding hydrogens is 384 g/mol. The first-order chi connectivity index (χ1) is 13.4. The Morgan fingerprint density at radius 2 is 2.00 bits per heavy atom. The molecule has 1 amide bonds. The predicted molar refractivity (Wildman–Crippen MR) is 98.6 cm³/mol. The molecule has 148 valence electrons. The molecule has 0 aliphatic carbocycles. The van der Waals surface area contributed by atoms with Gasteiger partial charge < -0.3 is 9.73 Å². The van der Waals surface area contributed by atoms with Crippen LogP contribution in [0.5, 0.6) is 0 Å². The van der Waals surface area contributed by atoms with Crippen LogP contribution >= 0.6 is 0 Å². The highest BCUT2D eigenvalue weighted by atomic mass is 32.2. The van der Waals surface area contributed by atoms with Crippen LogP contribution in [0.15, 0.2) is 44.3 Å². The van der Waals surface area contributed by atoms with E-state index in [2.05, 4.69) is 20.3 Å². The Morgan fingerprint density at radius 3 is 2.71 bits per heavy atom. The van der Waals surface area contributed by atoms with Crippen LogP contribution in [0.4, 0.5) is 0 Å². The Balaban J connectivity index is 1.39. The molecule has 0 spiro atoms. The maximum absolute atomic E-state index is 13.0. The third kappa shape index (κ3) is 3.52. The number of fused-ring (bicyclic) bond motifs is 1. The topological polar surface area (TPSA) is 119 Å². The van der Waals surface area contributed by atoms with Crippen molar-refractivity contribution < 1.29 is 22.3 Å². The van der Waals surface area contributed by atoms with Crippen LogP contribution in [0.25, 0.3) is 11.0 Å². The zero-order valence-corrected chi connectivity index (χ0v) is 16.1. The second kappa shape index (κ2) is 7.36. The number of benzene rings is 1. The van der Waals surface area contributed by atoms with Gasteiger partial charge in [0, 0.05) is 19.0 Å². The Labute approximate surface area is 161 Å². The number of hydrogen-bond acceptors (Lipinski definition) is 7. The van der Waals surface area contributed by atoms with Crippen molar-refractivity contribution in [3.63, 3.8) is 0 Å². The summed E-state index contributed by atoms with van der Waals surface area (Å²) in [6.45, 7) is 2.70. The molecule has 0 unspecified atom stereocenters. The van der Waals surface area contributed by atoms with E-state index < -0.39 is 10.0 Å². The number of nitrogens with zero attached hydrogens (tertiary/aromatic N) is 3. The number of carbonyl (C=O) groups excluding carboxylic acids is 1. The summed E-state index contributed by atoms with van der Waals surface area (Å²) in [5.41, 5.74) is 0.611. The molecule has 1 fully saturated rings. The largest absolute Gasteiger partial charge is 0.465 e. The van der Waals surface area contributed by atoms with Crippen LogP contribution < -0.4 is 5.32 Å². The average molecular weight is 404 g/mol. The van der Waals surface area contributed by atoms with Gasteiger partial charge in [-0.1, -0.05) is 6.07 Å². The van der Waals surface area contributed by atoms with Crippen LogP contribution in [-0.4, -0.2) is 42.0 Å². The van der Waals surface area contributed by atoms with Gasteiger partial charge in [0.1, 0.15) is 21.9 Å². The summed E-state index contributed by atoms with van der Waals surface area (Å²) in [5, 5.41) is 10.3. The third-order valence-corrected chi connectivity index (χ3v) is 6.85. The molecule has 1 saturated heterocycles. The molecular formula is C18H20N4O5S. The van der Waals surface area contributed by atoms with E-state index in [0.717, 1.165) is 5.76 Å². The molecule has 0 saturated carbocycles. The number of aromatic nitrogens is 2. The van der Waals surface area contributed by atoms with E-state index in [-0.39, 0.29) is 35.3 Å².